The third kappa shape index (κ3) is 6.22. The van der Waals surface area contributed by atoms with Crippen LogP contribution >= 0.6 is 34.8 Å². The number of rotatable bonds is 7. The van der Waals surface area contributed by atoms with Gasteiger partial charge < -0.3 is 14.8 Å². The van der Waals surface area contributed by atoms with Crippen LogP contribution in [-0.2, 0) is 14.4 Å². The molecule has 12 heteroatoms. The zero-order valence-corrected chi connectivity index (χ0v) is 23.7. The lowest BCUT2D eigenvalue weighted by Gasteiger charge is -2.27. The molecule has 5 amide bonds. The van der Waals surface area contributed by atoms with Crippen LogP contribution in [0, 0.1) is 13.8 Å². The number of hydrogen-bond acceptors (Lipinski definition) is 6. The molecular weight excluding hydrogens is 581 g/mol. The Hall–Kier alpha value is -4.05. The van der Waals surface area contributed by atoms with Gasteiger partial charge in [-0.2, -0.15) is 0 Å². The quantitative estimate of drug-likeness (QED) is 0.255. The summed E-state index contributed by atoms with van der Waals surface area (Å²) in [5.74, 6) is -1.94. The predicted molar refractivity (Wildman–Crippen MR) is 154 cm³/mol. The summed E-state index contributed by atoms with van der Waals surface area (Å²) in [5.41, 5.74) is 2.64. The molecule has 0 radical (unpaired) electrons. The number of carbonyl (C=O) groups excluding carboxylic acids is 4. The first-order valence-corrected chi connectivity index (χ1v) is 12.9. The molecule has 0 spiro atoms. The van der Waals surface area contributed by atoms with Crippen molar-refractivity contribution >= 4 is 76.0 Å². The molecule has 0 atom stereocenters. The Morgan fingerprint density at radius 2 is 1.70 bits per heavy atom. The van der Waals surface area contributed by atoms with Crippen LogP contribution in [-0.4, -0.2) is 37.5 Å². The van der Waals surface area contributed by atoms with Crippen molar-refractivity contribution in [2.24, 2.45) is 0 Å². The van der Waals surface area contributed by atoms with E-state index in [9.17, 15) is 19.2 Å². The number of halogens is 3. The Morgan fingerprint density at radius 1 is 0.950 bits per heavy atom. The van der Waals surface area contributed by atoms with Gasteiger partial charge in [-0.05, 0) is 79.1 Å². The molecule has 2 N–H and O–H groups in total. The molecule has 9 nitrogen and oxygen atoms in total. The van der Waals surface area contributed by atoms with Gasteiger partial charge in [-0.1, -0.05) is 40.9 Å². The highest BCUT2D eigenvalue weighted by molar-refractivity contribution is 6.42. The number of urea groups is 1. The van der Waals surface area contributed by atoms with Crippen molar-refractivity contribution in [3.63, 3.8) is 0 Å². The lowest BCUT2D eigenvalue weighted by molar-refractivity contribution is -0.122. The van der Waals surface area contributed by atoms with Crippen LogP contribution in [0.1, 0.15) is 16.7 Å². The van der Waals surface area contributed by atoms with Crippen LogP contribution in [0.2, 0.25) is 15.1 Å². The number of nitrogens with zero attached hydrogens (tertiary/aromatic N) is 1. The fourth-order valence-electron chi connectivity index (χ4n) is 3.80. The molecule has 0 unspecified atom stereocenters. The maximum atomic E-state index is 13.2. The Bertz CT molecular complexity index is 1590. The summed E-state index contributed by atoms with van der Waals surface area (Å²) in [7, 11) is 1.36. The van der Waals surface area contributed by atoms with Gasteiger partial charge in [-0.25, -0.2) is 9.69 Å². The van der Waals surface area contributed by atoms with Gasteiger partial charge in [0.2, 0.25) is 0 Å². The maximum Gasteiger partial charge on any atom is 0.335 e. The van der Waals surface area contributed by atoms with Crippen LogP contribution in [0.15, 0.2) is 54.1 Å². The first-order valence-electron chi connectivity index (χ1n) is 11.7. The average Bonchev–Trinajstić information content (AvgIpc) is 2.89. The number of nitrogens with one attached hydrogen (secondary N) is 2. The molecule has 206 valence electrons. The number of hydrogen-bond donors (Lipinski definition) is 2. The molecule has 3 aromatic rings. The Labute approximate surface area is 244 Å². The SMILES string of the molecule is COc1cc(/C=C2/C(=O)NC(=O)N(c3ccc(C)c(C)c3)C2=O)cc(Cl)c1OCC(=O)Nc1ccc(Cl)c(Cl)c1. The minimum absolute atomic E-state index is 0.0549. The number of anilines is 2. The molecule has 1 aliphatic rings. The highest BCUT2D eigenvalue weighted by Gasteiger charge is 2.37. The summed E-state index contributed by atoms with van der Waals surface area (Å²) >= 11 is 18.3. The summed E-state index contributed by atoms with van der Waals surface area (Å²) in [6.45, 7) is 3.34. The summed E-state index contributed by atoms with van der Waals surface area (Å²) in [6.07, 6.45) is 1.29. The largest absolute Gasteiger partial charge is 0.493 e. The Kier molecular flexibility index (Phi) is 8.68. The van der Waals surface area contributed by atoms with Crippen molar-refractivity contribution in [1.29, 1.82) is 0 Å². The van der Waals surface area contributed by atoms with E-state index in [-0.39, 0.29) is 27.1 Å². The van der Waals surface area contributed by atoms with Gasteiger partial charge in [0.1, 0.15) is 5.57 Å². The van der Waals surface area contributed by atoms with Gasteiger partial charge in [0, 0.05) is 5.69 Å². The number of barbiturate groups is 1. The topological polar surface area (TPSA) is 114 Å². The second-order valence-electron chi connectivity index (χ2n) is 8.73. The fourth-order valence-corrected chi connectivity index (χ4v) is 4.37. The maximum absolute atomic E-state index is 13.2. The normalized spacial score (nSPS) is 14.3. The predicted octanol–water partition coefficient (Wildman–Crippen LogP) is 5.96. The molecule has 4 rings (SSSR count). The molecule has 40 heavy (non-hydrogen) atoms. The smallest absolute Gasteiger partial charge is 0.335 e. The summed E-state index contributed by atoms with van der Waals surface area (Å²) in [4.78, 5) is 51.6. The lowest BCUT2D eigenvalue weighted by Crippen LogP contribution is -2.54. The zero-order chi connectivity index (χ0) is 29.1. The van der Waals surface area contributed by atoms with Crippen molar-refractivity contribution < 1.29 is 28.7 Å². The van der Waals surface area contributed by atoms with Crippen LogP contribution in [0.5, 0.6) is 11.5 Å². The van der Waals surface area contributed by atoms with Gasteiger partial charge in [0.25, 0.3) is 17.7 Å². The zero-order valence-electron chi connectivity index (χ0n) is 21.4. The molecule has 1 fully saturated rings. The second-order valence-corrected chi connectivity index (χ2v) is 9.95. The minimum Gasteiger partial charge on any atom is -0.493 e. The molecule has 0 saturated carbocycles. The third-order valence-electron chi connectivity index (χ3n) is 5.96. The second kappa shape index (κ2) is 12.0. The Morgan fingerprint density at radius 3 is 2.38 bits per heavy atom. The summed E-state index contributed by atoms with van der Waals surface area (Å²) < 4.78 is 11.0. The number of carbonyl (C=O) groups is 4. The lowest BCUT2D eigenvalue weighted by atomic mass is 10.0. The highest BCUT2D eigenvalue weighted by Crippen LogP contribution is 2.37. The van der Waals surface area contributed by atoms with E-state index in [0.717, 1.165) is 16.0 Å². The van der Waals surface area contributed by atoms with Crippen LogP contribution < -0.4 is 25.0 Å². The number of ether oxygens (including phenoxy) is 2. The number of amides is 5. The van der Waals surface area contributed by atoms with Crippen molar-refractivity contribution in [3.8, 4) is 11.5 Å². The van der Waals surface area contributed by atoms with Crippen molar-refractivity contribution in [2.75, 3.05) is 23.9 Å². The van der Waals surface area contributed by atoms with E-state index in [2.05, 4.69) is 10.6 Å². The van der Waals surface area contributed by atoms with Gasteiger partial charge in [-0.3, -0.25) is 19.7 Å². The van der Waals surface area contributed by atoms with Crippen LogP contribution in [0.25, 0.3) is 6.08 Å². The van der Waals surface area contributed by atoms with E-state index >= 15 is 0 Å². The number of aryl methyl sites for hydroxylation is 2. The molecule has 0 aliphatic carbocycles. The molecule has 0 aromatic heterocycles. The summed E-state index contributed by atoms with van der Waals surface area (Å²) in [6, 6.07) is 11.8. The summed E-state index contributed by atoms with van der Waals surface area (Å²) in [5, 5.41) is 5.49. The van der Waals surface area contributed by atoms with Crippen molar-refractivity contribution in [3.05, 3.63) is 85.9 Å². The molecular formula is C28H22Cl3N3O6. The standard InChI is InChI=1S/C28H22Cl3N3O6/c1-14-4-6-18(8-15(14)2)34-27(37)19(26(36)33-28(34)38)9-16-10-22(31)25(23(11-16)39-3)40-13-24(35)32-17-5-7-20(29)21(30)12-17/h4-12H,13H2,1-3H3,(H,32,35)(H,33,36,38)/b19-9-. The van der Waals surface area contributed by atoms with E-state index in [1.54, 1.807) is 30.3 Å². The fraction of sp³-hybridized carbons (Fsp3) is 0.143. The van der Waals surface area contributed by atoms with E-state index in [0.29, 0.717) is 22.0 Å². The van der Waals surface area contributed by atoms with Crippen molar-refractivity contribution in [1.82, 2.24) is 5.32 Å². The first kappa shape index (κ1) is 28.9. The van der Waals surface area contributed by atoms with Gasteiger partial charge in [-0.15, -0.1) is 0 Å². The van der Waals surface area contributed by atoms with Gasteiger partial charge >= 0.3 is 6.03 Å². The number of benzene rings is 3. The van der Waals surface area contributed by atoms with E-state index in [1.807, 2.05) is 13.8 Å². The van der Waals surface area contributed by atoms with Gasteiger partial charge in [0.15, 0.2) is 18.1 Å². The minimum atomic E-state index is -0.857. The van der Waals surface area contributed by atoms with Crippen LogP contribution in [0.3, 0.4) is 0 Å². The third-order valence-corrected chi connectivity index (χ3v) is 6.98. The molecule has 3 aromatic carbocycles. The van der Waals surface area contributed by atoms with E-state index in [4.69, 9.17) is 44.3 Å². The first-order chi connectivity index (χ1) is 19.0. The van der Waals surface area contributed by atoms with Crippen molar-refractivity contribution in [2.45, 2.75) is 13.8 Å². The van der Waals surface area contributed by atoms with E-state index in [1.165, 1.54) is 31.4 Å². The monoisotopic (exact) mass is 601 g/mol. The molecule has 1 aliphatic heterocycles. The average molecular weight is 603 g/mol. The molecule has 1 heterocycles. The van der Waals surface area contributed by atoms with Gasteiger partial charge in [0.05, 0.1) is 27.9 Å². The molecule has 0 bridgehead atoms. The number of methoxy groups -OCH3 is 1. The highest BCUT2D eigenvalue weighted by atomic mass is 35.5. The van der Waals surface area contributed by atoms with E-state index < -0.39 is 30.4 Å². The Balaban J connectivity index is 1.56. The molecule has 1 saturated heterocycles. The number of imide groups is 2. The van der Waals surface area contributed by atoms with Crippen LogP contribution in [0.4, 0.5) is 16.2 Å².